The van der Waals surface area contributed by atoms with Gasteiger partial charge in [-0.05, 0) is 37.1 Å². The Morgan fingerprint density at radius 1 is 1.00 bits per heavy atom. The Bertz CT molecular complexity index is 866. The Kier molecular flexibility index (Phi) is 5.02. The van der Waals surface area contributed by atoms with Crippen LogP contribution in [-0.4, -0.2) is 28.0 Å². The summed E-state index contributed by atoms with van der Waals surface area (Å²) in [5, 5.41) is 0. The highest BCUT2D eigenvalue weighted by atomic mass is 19.1. The SMILES string of the molecule is Fc1cccc(-c2nccnc2[C@@H]2CCCN(Cc3ccccc3)C2)c1. The minimum Gasteiger partial charge on any atom is -0.298 e. The molecule has 1 aliphatic heterocycles. The van der Waals surface area contributed by atoms with Crippen LogP contribution in [0.25, 0.3) is 11.3 Å². The highest BCUT2D eigenvalue weighted by Gasteiger charge is 2.25. The summed E-state index contributed by atoms with van der Waals surface area (Å²) in [6, 6.07) is 17.2. The number of aromatic nitrogens is 2. The lowest BCUT2D eigenvalue weighted by atomic mass is 9.91. The molecule has 0 saturated carbocycles. The van der Waals surface area contributed by atoms with Gasteiger partial charge in [0.05, 0.1) is 11.4 Å². The van der Waals surface area contributed by atoms with Crippen molar-refractivity contribution >= 4 is 0 Å². The largest absolute Gasteiger partial charge is 0.298 e. The number of piperidine rings is 1. The molecule has 0 bridgehead atoms. The van der Waals surface area contributed by atoms with Gasteiger partial charge in [-0.25, -0.2) is 4.39 Å². The molecule has 1 aromatic heterocycles. The molecule has 0 radical (unpaired) electrons. The van der Waals surface area contributed by atoms with Crippen LogP contribution in [0, 0.1) is 5.82 Å². The van der Waals surface area contributed by atoms with Crippen molar-refractivity contribution < 1.29 is 4.39 Å². The van der Waals surface area contributed by atoms with E-state index in [1.807, 2.05) is 12.1 Å². The topological polar surface area (TPSA) is 29.0 Å². The third kappa shape index (κ3) is 3.81. The van der Waals surface area contributed by atoms with Crippen molar-refractivity contribution in [3.05, 3.63) is 84.1 Å². The van der Waals surface area contributed by atoms with Crippen molar-refractivity contribution in [1.82, 2.24) is 14.9 Å². The molecule has 2 aromatic carbocycles. The molecule has 1 saturated heterocycles. The van der Waals surface area contributed by atoms with Gasteiger partial charge in [0.25, 0.3) is 0 Å². The fraction of sp³-hybridized carbons (Fsp3) is 0.273. The average Bonchev–Trinajstić information content (AvgIpc) is 2.69. The molecule has 0 spiro atoms. The maximum Gasteiger partial charge on any atom is 0.123 e. The predicted octanol–water partition coefficient (Wildman–Crippen LogP) is 4.66. The van der Waals surface area contributed by atoms with Crippen LogP contribution in [0.3, 0.4) is 0 Å². The van der Waals surface area contributed by atoms with Gasteiger partial charge < -0.3 is 0 Å². The zero-order valence-corrected chi connectivity index (χ0v) is 14.7. The molecule has 1 fully saturated rings. The number of halogens is 1. The molecule has 0 unspecified atom stereocenters. The molecule has 2 heterocycles. The lowest BCUT2D eigenvalue weighted by Gasteiger charge is -2.33. The Balaban J connectivity index is 1.57. The first-order valence-corrected chi connectivity index (χ1v) is 9.13. The summed E-state index contributed by atoms with van der Waals surface area (Å²) < 4.78 is 13.7. The van der Waals surface area contributed by atoms with Crippen LogP contribution in [0.15, 0.2) is 67.0 Å². The molecular formula is C22H22FN3. The van der Waals surface area contributed by atoms with E-state index in [4.69, 9.17) is 0 Å². The van der Waals surface area contributed by atoms with Gasteiger partial charge in [-0.1, -0.05) is 42.5 Å². The predicted molar refractivity (Wildman–Crippen MR) is 101 cm³/mol. The van der Waals surface area contributed by atoms with E-state index in [1.165, 1.54) is 17.7 Å². The zero-order valence-electron chi connectivity index (χ0n) is 14.7. The highest BCUT2D eigenvalue weighted by molar-refractivity contribution is 5.62. The van der Waals surface area contributed by atoms with Crippen LogP contribution in [0.4, 0.5) is 4.39 Å². The minimum absolute atomic E-state index is 0.242. The number of likely N-dealkylation sites (tertiary alicyclic amines) is 1. The van der Waals surface area contributed by atoms with Crippen molar-refractivity contribution in [2.45, 2.75) is 25.3 Å². The van der Waals surface area contributed by atoms with Gasteiger partial charge in [-0.2, -0.15) is 0 Å². The first-order valence-electron chi connectivity index (χ1n) is 9.13. The molecule has 4 heteroatoms. The fourth-order valence-electron chi connectivity index (χ4n) is 3.77. The first kappa shape index (κ1) is 16.9. The monoisotopic (exact) mass is 347 g/mol. The van der Waals surface area contributed by atoms with Crippen molar-refractivity contribution in [2.24, 2.45) is 0 Å². The number of hydrogen-bond donors (Lipinski definition) is 0. The molecule has 3 aromatic rings. The van der Waals surface area contributed by atoms with Gasteiger partial charge >= 0.3 is 0 Å². The summed E-state index contributed by atoms with van der Waals surface area (Å²) in [7, 11) is 0. The summed E-state index contributed by atoms with van der Waals surface area (Å²) >= 11 is 0. The number of nitrogens with zero attached hydrogens (tertiary/aromatic N) is 3. The quantitative estimate of drug-likeness (QED) is 0.687. The zero-order chi connectivity index (χ0) is 17.8. The molecule has 1 aliphatic rings. The molecule has 0 N–H and O–H groups in total. The minimum atomic E-state index is -0.242. The molecular weight excluding hydrogens is 325 g/mol. The number of rotatable bonds is 4. The van der Waals surface area contributed by atoms with E-state index in [1.54, 1.807) is 18.5 Å². The lowest BCUT2D eigenvalue weighted by Crippen LogP contribution is -2.34. The number of benzene rings is 2. The van der Waals surface area contributed by atoms with Crippen LogP contribution < -0.4 is 0 Å². The van der Waals surface area contributed by atoms with Crippen LogP contribution in [0.5, 0.6) is 0 Å². The molecule has 26 heavy (non-hydrogen) atoms. The maximum absolute atomic E-state index is 13.7. The first-order chi connectivity index (χ1) is 12.8. The second kappa shape index (κ2) is 7.75. The second-order valence-electron chi connectivity index (χ2n) is 6.86. The standard InChI is InChI=1S/C22H22FN3/c23-20-10-4-8-18(14-20)21-22(25-12-11-24-21)19-9-5-13-26(16-19)15-17-6-2-1-3-7-17/h1-4,6-8,10-12,14,19H,5,9,13,15-16H2/t19-/m1/s1. The Hall–Kier alpha value is -2.59. The Labute approximate surface area is 153 Å². The third-order valence-electron chi connectivity index (χ3n) is 4.97. The Morgan fingerprint density at radius 3 is 2.69 bits per heavy atom. The molecule has 0 aliphatic carbocycles. The molecule has 132 valence electrons. The van der Waals surface area contributed by atoms with Crippen LogP contribution >= 0.6 is 0 Å². The molecule has 0 amide bonds. The second-order valence-corrected chi connectivity index (χ2v) is 6.86. The van der Waals surface area contributed by atoms with Gasteiger partial charge in [0.2, 0.25) is 0 Å². The maximum atomic E-state index is 13.7. The smallest absolute Gasteiger partial charge is 0.123 e. The van der Waals surface area contributed by atoms with Crippen molar-refractivity contribution in [3.63, 3.8) is 0 Å². The average molecular weight is 347 g/mol. The summed E-state index contributed by atoms with van der Waals surface area (Å²) in [5.74, 6) is 0.0767. The fourth-order valence-corrected chi connectivity index (χ4v) is 3.77. The van der Waals surface area contributed by atoms with Crippen molar-refractivity contribution in [1.29, 1.82) is 0 Å². The molecule has 1 atom stereocenters. The Morgan fingerprint density at radius 2 is 1.85 bits per heavy atom. The van der Waals surface area contributed by atoms with Crippen molar-refractivity contribution in [3.8, 4) is 11.3 Å². The van der Waals surface area contributed by atoms with E-state index >= 15 is 0 Å². The van der Waals surface area contributed by atoms with Gasteiger partial charge in [0, 0.05) is 37.0 Å². The van der Waals surface area contributed by atoms with E-state index in [2.05, 4.69) is 39.1 Å². The van der Waals surface area contributed by atoms with Crippen LogP contribution in [0.2, 0.25) is 0 Å². The summed E-state index contributed by atoms with van der Waals surface area (Å²) in [5.41, 5.74) is 3.92. The summed E-state index contributed by atoms with van der Waals surface area (Å²) in [6.07, 6.45) is 5.66. The molecule has 3 nitrogen and oxygen atoms in total. The van der Waals surface area contributed by atoms with E-state index in [0.29, 0.717) is 5.92 Å². The van der Waals surface area contributed by atoms with E-state index < -0.39 is 0 Å². The van der Waals surface area contributed by atoms with Crippen molar-refractivity contribution in [2.75, 3.05) is 13.1 Å². The summed E-state index contributed by atoms with van der Waals surface area (Å²) in [6.45, 7) is 3.00. The van der Waals surface area contributed by atoms with E-state index in [0.717, 1.165) is 49.4 Å². The van der Waals surface area contributed by atoms with Gasteiger partial charge in [-0.3, -0.25) is 14.9 Å². The number of hydrogen-bond acceptors (Lipinski definition) is 3. The van der Waals surface area contributed by atoms with Gasteiger partial charge in [0.1, 0.15) is 5.82 Å². The van der Waals surface area contributed by atoms with Gasteiger partial charge in [0.15, 0.2) is 0 Å². The lowest BCUT2D eigenvalue weighted by molar-refractivity contribution is 0.198. The van der Waals surface area contributed by atoms with Gasteiger partial charge in [-0.15, -0.1) is 0 Å². The molecule has 4 rings (SSSR count). The van der Waals surface area contributed by atoms with Crippen LogP contribution in [0.1, 0.15) is 30.0 Å². The highest BCUT2D eigenvalue weighted by Crippen LogP contribution is 2.32. The normalized spacial score (nSPS) is 18.0. The summed E-state index contributed by atoms with van der Waals surface area (Å²) in [4.78, 5) is 11.6. The van der Waals surface area contributed by atoms with E-state index in [9.17, 15) is 4.39 Å². The van der Waals surface area contributed by atoms with Crippen LogP contribution in [-0.2, 0) is 6.54 Å². The van der Waals surface area contributed by atoms with E-state index in [-0.39, 0.29) is 5.82 Å². The third-order valence-corrected chi connectivity index (χ3v) is 4.97.